The van der Waals surface area contributed by atoms with Crippen LogP contribution in [0.3, 0.4) is 0 Å². The summed E-state index contributed by atoms with van der Waals surface area (Å²) < 4.78 is 5.15. The summed E-state index contributed by atoms with van der Waals surface area (Å²) in [4.78, 5) is 22.9. The van der Waals surface area contributed by atoms with Crippen molar-refractivity contribution >= 4 is 40.5 Å². The average molecular weight is 412 g/mol. The predicted octanol–water partition coefficient (Wildman–Crippen LogP) is 4.59. The van der Waals surface area contributed by atoms with Gasteiger partial charge in [0.25, 0.3) is 5.69 Å². The third kappa shape index (κ3) is 5.32. The lowest BCUT2D eigenvalue weighted by molar-refractivity contribution is -0.384. The molecule has 0 heterocycles. The van der Waals surface area contributed by atoms with E-state index in [0.717, 1.165) is 5.56 Å². The van der Waals surface area contributed by atoms with Crippen LogP contribution in [0.25, 0.3) is 0 Å². The second kappa shape index (κ2) is 9.03. The minimum atomic E-state index is -0.601. The molecule has 0 aromatic heterocycles. The van der Waals surface area contributed by atoms with Crippen LogP contribution < -0.4 is 15.4 Å². The number of nitro benzene ring substituents is 1. The molecule has 0 saturated heterocycles. The fraction of sp³-hybridized carbons (Fsp3) is 0.278. The molecule has 2 N–H and O–H groups in total. The average Bonchev–Trinajstić information content (AvgIpc) is 2.61. The van der Waals surface area contributed by atoms with E-state index in [1.165, 1.54) is 25.3 Å². The van der Waals surface area contributed by atoms with Gasteiger partial charge in [0.15, 0.2) is 0 Å². The molecular formula is C18H19Cl2N3O4. The van der Waals surface area contributed by atoms with Gasteiger partial charge in [0, 0.05) is 28.2 Å². The van der Waals surface area contributed by atoms with Crippen LogP contribution in [0, 0.1) is 10.1 Å². The molecular weight excluding hydrogens is 393 g/mol. The molecule has 0 saturated carbocycles. The Morgan fingerprint density at radius 1 is 1.19 bits per heavy atom. The van der Waals surface area contributed by atoms with E-state index in [0.29, 0.717) is 15.8 Å². The first-order valence-corrected chi connectivity index (χ1v) is 8.82. The molecule has 0 aliphatic rings. The van der Waals surface area contributed by atoms with Gasteiger partial charge in [0.1, 0.15) is 5.75 Å². The number of hydrogen-bond acceptors (Lipinski definition) is 5. The van der Waals surface area contributed by atoms with E-state index in [9.17, 15) is 14.9 Å². The Bertz CT molecular complexity index is 860. The Hall–Kier alpha value is -2.35. The highest BCUT2D eigenvalue weighted by atomic mass is 35.5. The van der Waals surface area contributed by atoms with Crippen LogP contribution in [-0.4, -0.2) is 24.0 Å². The first kappa shape index (κ1) is 21.0. The molecule has 0 spiro atoms. The highest BCUT2D eigenvalue weighted by Gasteiger charge is 2.20. The minimum Gasteiger partial charge on any atom is -0.495 e. The van der Waals surface area contributed by atoms with Crippen molar-refractivity contribution in [2.45, 2.75) is 25.9 Å². The number of amides is 1. The van der Waals surface area contributed by atoms with Gasteiger partial charge in [-0.05, 0) is 37.6 Å². The quantitative estimate of drug-likeness (QED) is 0.513. The normalized spacial score (nSPS) is 12.9. The van der Waals surface area contributed by atoms with Gasteiger partial charge in [0.05, 0.1) is 23.8 Å². The maximum absolute atomic E-state index is 12.5. The number of non-ortho nitro benzene ring substituents is 1. The Balaban J connectivity index is 2.11. The van der Waals surface area contributed by atoms with E-state index in [1.54, 1.807) is 25.1 Å². The van der Waals surface area contributed by atoms with Crippen molar-refractivity contribution in [1.29, 1.82) is 0 Å². The van der Waals surface area contributed by atoms with Gasteiger partial charge in [-0.15, -0.1) is 0 Å². The molecule has 1 amide bonds. The van der Waals surface area contributed by atoms with Crippen LogP contribution >= 0.6 is 23.2 Å². The molecule has 9 heteroatoms. The summed E-state index contributed by atoms with van der Waals surface area (Å²) in [5, 5.41) is 17.8. The Kier molecular flexibility index (Phi) is 7.01. The lowest BCUT2D eigenvalue weighted by Gasteiger charge is -2.21. The summed E-state index contributed by atoms with van der Waals surface area (Å²) in [6.07, 6.45) is 0. The summed E-state index contributed by atoms with van der Waals surface area (Å²) in [5.74, 6) is -0.0410. The number of nitro groups is 1. The molecule has 2 rings (SSSR count). The van der Waals surface area contributed by atoms with Crippen molar-refractivity contribution in [2.75, 3.05) is 12.4 Å². The molecule has 0 fully saturated rings. The van der Waals surface area contributed by atoms with Gasteiger partial charge >= 0.3 is 0 Å². The number of nitrogens with zero attached hydrogens (tertiary/aromatic N) is 1. The number of anilines is 1. The summed E-state index contributed by atoms with van der Waals surface area (Å²) in [6.45, 7) is 3.55. The highest BCUT2D eigenvalue weighted by molar-refractivity contribution is 6.35. The number of carbonyl (C=O) groups is 1. The molecule has 0 radical (unpaired) electrons. The van der Waals surface area contributed by atoms with Gasteiger partial charge in [0.2, 0.25) is 5.91 Å². The standard InChI is InChI=1S/C18H19Cl2N3O4/c1-10(14-6-4-12(19)8-15(14)20)21-11(2)18(24)22-16-9-13(23(25)26)5-7-17(16)27-3/h4-11,21H,1-3H3,(H,22,24). The second-order valence-corrected chi connectivity index (χ2v) is 6.75. The fourth-order valence-electron chi connectivity index (χ4n) is 2.54. The smallest absolute Gasteiger partial charge is 0.271 e. The molecule has 144 valence electrons. The monoisotopic (exact) mass is 411 g/mol. The number of rotatable bonds is 7. The van der Waals surface area contributed by atoms with Gasteiger partial charge in [-0.3, -0.25) is 20.2 Å². The first-order chi connectivity index (χ1) is 12.7. The largest absolute Gasteiger partial charge is 0.495 e. The zero-order chi connectivity index (χ0) is 20.1. The fourth-order valence-corrected chi connectivity index (χ4v) is 3.11. The molecule has 0 aliphatic heterocycles. The molecule has 27 heavy (non-hydrogen) atoms. The number of benzene rings is 2. The Morgan fingerprint density at radius 2 is 1.89 bits per heavy atom. The Morgan fingerprint density at radius 3 is 2.48 bits per heavy atom. The number of nitrogens with one attached hydrogen (secondary N) is 2. The van der Waals surface area contributed by atoms with Crippen LogP contribution in [0.4, 0.5) is 11.4 Å². The van der Waals surface area contributed by atoms with Crippen LogP contribution in [0.1, 0.15) is 25.5 Å². The van der Waals surface area contributed by atoms with Gasteiger partial charge in [-0.1, -0.05) is 29.3 Å². The van der Waals surface area contributed by atoms with Crippen molar-refractivity contribution in [3.05, 3.63) is 62.1 Å². The first-order valence-electron chi connectivity index (χ1n) is 8.07. The van der Waals surface area contributed by atoms with E-state index < -0.39 is 11.0 Å². The highest BCUT2D eigenvalue weighted by Crippen LogP contribution is 2.29. The number of hydrogen-bond donors (Lipinski definition) is 2. The molecule has 2 atom stereocenters. The van der Waals surface area contributed by atoms with E-state index >= 15 is 0 Å². The minimum absolute atomic E-state index is 0.145. The molecule has 7 nitrogen and oxygen atoms in total. The summed E-state index contributed by atoms with van der Waals surface area (Å²) in [5.41, 5.74) is 0.879. The second-order valence-electron chi connectivity index (χ2n) is 5.91. The number of halogens is 2. The molecule has 0 aliphatic carbocycles. The van der Waals surface area contributed by atoms with Gasteiger partial charge in [-0.2, -0.15) is 0 Å². The zero-order valence-corrected chi connectivity index (χ0v) is 16.5. The number of methoxy groups -OCH3 is 1. The van der Waals surface area contributed by atoms with Crippen LogP contribution in [-0.2, 0) is 4.79 Å². The topological polar surface area (TPSA) is 93.5 Å². The maximum Gasteiger partial charge on any atom is 0.271 e. The van der Waals surface area contributed by atoms with E-state index in [2.05, 4.69) is 10.6 Å². The summed E-state index contributed by atoms with van der Waals surface area (Å²) >= 11 is 12.1. The van der Waals surface area contributed by atoms with Crippen LogP contribution in [0.15, 0.2) is 36.4 Å². The van der Waals surface area contributed by atoms with Crippen molar-refractivity contribution in [1.82, 2.24) is 5.32 Å². The lowest BCUT2D eigenvalue weighted by atomic mass is 10.1. The predicted molar refractivity (Wildman–Crippen MR) is 106 cm³/mol. The van der Waals surface area contributed by atoms with Crippen molar-refractivity contribution in [3.8, 4) is 5.75 Å². The van der Waals surface area contributed by atoms with Crippen molar-refractivity contribution in [2.24, 2.45) is 0 Å². The number of ether oxygens (including phenoxy) is 1. The van der Waals surface area contributed by atoms with Gasteiger partial charge < -0.3 is 10.1 Å². The van der Waals surface area contributed by atoms with Crippen LogP contribution in [0.5, 0.6) is 5.75 Å². The zero-order valence-electron chi connectivity index (χ0n) is 15.0. The molecule has 2 aromatic rings. The maximum atomic E-state index is 12.5. The summed E-state index contributed by atoms with van der Waals surface area (Å²) in [7, 11) is 1.42. The van der Waals surface area contributed by atoms with E-state index in [4.69, 9.17) is 27.9 Å². The Labute approximate surface area is 166 Å². The third-order valence-corrected chi connectivity index (χ3v) is 4.54. The lowest BCUT2D eigenvalue weighted by Crippen LogP contribution is -2.39. The van der Waals surface area contributed by atoms with E-state index in [-0.39, 0.29) is 23.3 Å². The van der Waals surface area contributed by atoms with E-state index in [1.807, 2.05) is 6.92 Å². The molecule has 0 bridgehead atoms. The summed E-state index contributed by atoms with van der Waals surface area (Å²) in [6, 6.07) is 8.32. The van der Waals surface area contributed by atoms with Crippen LogP contribution in [0.2, 0.25) is 10.0 Å². The third-order valence-electron chi connectivity index (χ3n) is 3.97. The SMILES string of the molecule is COc1ccc([N+](=O)[O-])cc1NC(=O)C(C)NC(C)c1ccc(Cl)cc1Cl. The van der Waals surface area contributed by atoms with Crippen molar-refractivity contribution in [3.63, 3.8) is 0 Å². The number of carbonyl (C=O) groups excluding carboxylic acids is 1. The molecule has 2 aromatic carbocycles. The molecule has 2 unspecified atom stereocenters. The van der Waals surface area contributed by atoms with Gasteiger partial charge in [-0.25, -0.2) is 0 Å². The van der Waals surface area contributed by atoms with Crippen molar-refractivity contribution < 1.29 is 14.5 Å².